The van der Waals surface area contributed by atoms with E-state index in [9.17, 15) is 4.79 Å². The Morgan fingerprint density at radius 2 is 1.89 bits per heavy atom. The molecule has 0 aliphatic heterocycles. The van der Waals surface area contributed by atoms with Crippen LogP contribution in [0, 0.1) is 0 Å². The minimum Gasteiger partial charge on any atom is -0.460 e. The number of nitrogens with zero attached hydrogens (tertiary/aromatic N) is 2. The van der Waals surface area contributed by atoms with Crippen molar-refractivity contribution in [1.82, 2.24) is 10.2 Å². The number of aromatic nitrogens is 2. The highest BCUT2D eigenvalue weighted by Crippen LogP contribution is 2.25. The third kappa shape index (κ3) is 2.58. The van der Waals surface area contributed by atoms with Crippen molar-refractivity contribution >= 4 is 16.9 Å². The molecule has 0 N–H and O–H groups in total. The monoisotopic (exact) mass is 272 g/mol. The molecule has 1 aromatic carbocycles. The van der Waals surface area contributed by atoms with E-state index in [0.29, 0.717) is 5.89 Å². The Morgan fingerprint density at radius 1 is 1.05 bits per heavy atom. The maximum absolute atomic E-state index is 11.8. The Balaban J connectivity index is 1.77. The number of hydrogen-bond donors (Lipinski definition) is 0. The van der Waals surface area contributed by atoms with Crippen LogP contribution in [0.1, 0.15) is 10.6 Å². The fraction of sp³-hybridized carbons (Fsp3) is 0. The highest BCUT2D eigenvalue weighted by Gasteiger charge is 2.16. The van der Waals surface area contributed by atoms with Gasteiger partial charge in [0, 0.05) is 17.3 Å². The summed E-state index contributed by atoms with van der Waals surface area (Å²) in [6.07, 6.45) is 1.44. The van der Waals surface area contributed by atoms with Gasteiger partial charge >= 0.3 is 0 Å². The fourth-order valence-electron chi connectivity index (χ4n) is 1.47. The Hall–Kier alpha value is -2.34. The molecule has 0 radical (unpaired) electrons. The highest BCUT2D eigenvalue weighted by molar-refractivity contribution is 8.13. The lowest BCUT2D eigenvalue weighted by molar-refractivity contribution is 0.106. The van der Waals surface area contributed by atoms with E-state index in [1.165, 1.54) is 6.26 Å². The van der Waals surface area contributed by atoms with Crippen LogP contribution in [-0.4, -0.2) is 15.3 Å². The number of carbonyl (C=O) groups is 1. The second-order valence-corrected chi connectivity index (χ2v) is 4.53. The zero-order valence-corrected chi connectivity index (χ0v) is 10.5. The summed E-state index contributed by atoms with van der Waals surface area (Å²) in [5.41, 5.74) is 0.812. The second-order valence-electron chi connectivity index (χ2n) is 3.61. The molecule has 0 bridgehead atoms. The maximum atomic E-state index is 11.8. The molecule has 0 amide bonds. The van der Waals surface area contributed by atoms with E-state index in [4.69, 9.17) is 8.83 Å². The summed E-state index contributed by atoms with van der Waals surface area (Å²) in [7, 11) is 0. The van der Waals surface area contributed by atoms with Gasteiger partial charge in [0.1, 0.15) is 0 Å². The van der Waals surface area contributed by atoms with Gasteiger partial charge in [0.15, 0.2) is 5.76 Å². The van der Waals surface area contributed by atoms with E-state index in [2.05, 4.69) is 10.2 Å². The summed E-state index contributed by atoms with van der Waals surface area (Å²) in [4.78, 5) is 11.8. The molecule has 94 valence electrons. The van der Waals surface area contributed by atoms with Gasteiger partial charge in [-0.2, -0.15) is 0 Å². The molecular formula is C13H8N2O3S. The minimum atomic E-state index is -0.270. The fourth-order valence-corrected chi connectivity index (χ4v) is 2.05. The van der Waals surface area contributed by atoms with Gasteiger partial charge in [0.25, 0.3) is 10.3 Å². The van der Waals surface area contributed by atoms with E-state index < -0.39 is 0 Å². The standard InChI is InChI=1S/C13H8N2O3S/c16-12(10-7-4-8-17-10)19-13-15-14-11(18-13)9-5-2-1-3-6-9/h1-8H. The molecule has 19 heavy (non-hydrogen) atoms. The molecule has 3 aromatic rings. The van der Waals surface area contributed by atoms with Crippen LogP contribution in [-0.2, 0) is 0 Å². The zero-order valence-electron chi connectivity index (χ0n) is 9.65. The van der Waals surface area contributed by atoms with Crippen LogP contribution in [0.5, 0.6) is 0 Å². The second kappa shape index (κ2) is 5.11. The summed E-state index contributed by atoms with van der Waals surface area (Å²) in [5, 5.41) is 7.65. The summed E-state index contributed by atoms with van der Waals surface area (Å²) in [5.74, 6) is 0.639. The smallest absolute Gasteiger partial charge is 0.284 e. The number of benzene rings is 1. The van der Waals surface area contributed by atoms with Crippen LogP contribution in [0.4, 0.5) is 0 Å². The Morgan fingerprint density at radius 3 is 2.63 bits per heavy atom. The van der Waals surface area contributed by atoms with Gasteiger partial charge in [0.05, 0.1) is 6.26 Å². The first-order valence-corrected chi connectivity index (χ1v) is 6.29. The van der Waals surface area contributed by atoms with E-state index in [-0.39, 0.29) is 16.1 Å². The van der Waals surface area contributed by atoms with Crippen molar-refractivity contribution in [1.29, 1.82) is 0 Å². The molecule has 0 spiro atoms. The van der Waals surface area contributed by atoms with Crippen LogP contribution in [0.3, 0.4) is 0 Å². The first-order valence-electron chi connectivity index (χ1n) is 5.47. The first-order chi connectivity index (χ1) is 9.33. The maximum Gasteiger partial charge on any atom is 0.284 e. The number of carbonyl (C=O) groups excluding carboxylic acids is 1. The largest absolute Gasteiger partial charge is 0.460 e. The Kier molecular flexibility index (Phi) is 3.16. The van der Waals surface area contributed by atoms with Crippen LogP contribution in [0.2, 0.25) is 0 Å². The van der Waals surface area contributed by atoms with Gasteiger partial charge in [-0.25, -0.2) is 0 Å². The summed E-state index contributed by atoms with van der Waals surface area (Å²) in [6.45, 7) is 0. The highest BCUT2D eigenvalue weighted by atomic mass is 32.2. The molecule has 3 rings (SSSR count). The lowest BCUT2D eigenvalue weighted by atomic mass is 10.2. The minimum absolute atomic E-state index is 0.195. The van der Waals surface area contributed by atoms with Crippen molar-refractivity contribution in [3.05, 3.63) is 54.5 Å². The third-order valence-corrected chi connectivity index (χ3v) is 3.06. The predicted octanol–water partition coefficient (Wildman–Crippen LogP) is 3.26. The third-order valence-electron chi connectivity index (χ3n) is 2.33. The molecule has 2 heterocycles. The number of furan rings is 1. The number of rotatable bonds is 3. The van der Waals surface area contributed by atoms with Crippen molar-refractivity contribution in [3.8, 4) is 11.5 Å². The van der Waals surface area contributed by atoms with Gasteiger partial charge in [-0.15, -0.1) is 10.2 Å². The SMILES string of the molecule is O=C(Sc1nnc(-c2ccccc2)o1)c1ccco1. The van der Waals surface area contributed by atoms with Crippen molar-refractivity contribution in [3.63, 3.8) is 0 Å². The molecule has 0 fully saturated rings. The number of hydrogen-bond acceptors (Lipinski definition) is 6. The van der Waals surface area contributed by atoms with Crippen LogP contribution < -0.4 is 0 Å². The van der Waals surface area contributed by atoms with Crippen LogP contribution in [0.25, 0.3) is 11.5 Å². The predicted molar refractivity (Wildman–Crippen MR) is 68.6 cm³/mol. The summed E-state index contributed by atoms with van der Waals surface area (Å²) >= 11 is 0.844. The topological polar surface area (TPSA) is 69.1 Å². The zero-order chi connectivity index (χ0) is 13.1. The molecule has 0 saturated heterocycles. The Bertz CT molecular complexity index is 677. The van der Waals surface area contributed by atoms with Gasteiger partial charge in [-0.1, -0.05) is 18.2 Å². The molecule has 0 atom stereocenters. The van der Waals surface area contributed by atoms with E-state index in [1.54, 1.807) is 12.1 Å². The van der Waals surface area contributed by atoms with E-state index in [0.717, 1.165) is 17.3 Å². The van der Waals surface area contributed by atoms with E-state index >= 15 is 0 Å². The molecule has 6 heteroatoms. The van der Waals surface area contributed by atoms with Gasteiger partial charge < -0.3 is 8.83 Å². The Labute approximate surface area is 112 Å². The van der Waals surface area contributed by atoms with Gasteiger partial charge in [-0.05, 0) is 24.3 Å². The van der Waals surface area contributed by atoms with Gasteiger partial charge in [0.2, 0.25) is 5.89 Å². The quantitative estimate of drug-likeness (QED) is 0.681. The van der Waals surface area contributed by atoms with Crippen molar-refractivity contribution < 1.29 is 13.6 Å². The average molecular weight is 272 g/mol. The molecule has 0 aliphatic carbocycles. The molecule has 0 aliphatic rings. The van der Waals surface area contributed by atoms with E-state index in [1.807, 2.05) is 30.3 Å². The average Bonchev–Trinajstić information content (AvgIpc) is 3.11. The molecule has 5 nitrogen and oxygen atoms in total. The molecular weight excluding hydrogens is 264 g/mol. The lowest BCUT2D eigenvalue weighted by Crippen LogP contribution is -1.89. The normalized spacial score (nSPS) is 10.5. The van der Waals surface area contributed by atoms with Crippen LogP contribution >= 0.6 is 11.8 Å². The van der Waals surface area contributed by atoms with Crippen molar-refractivity contribution in [2.75, 3.05) is 0 Å². The first kappa shape index (κ1) is 11.7. The molecule has 0 saturated carbocycles. The summed E-state index contributed by atoms with van der Waals surface area (Å²) < 4.78 is 10.4. The lowest BCUT2D eigenvalue weighted by Gasteiger charge is -1.92. The van der Waals surface area contributed by atoms with Crippen molar-refractivity contribution in [2.24, 2.45) is 0 Å². The molecule has 2 aromatic heterocycles. The number of thioether (sulfide) groups is 1. The van der Waals surface area contributed by atoms with Crippen LogP contribution in [0.15, 0.2) is 62.8 Å². The van der Waals surface area contributed by atoms with Gasteiger partial charge in [-0.3, -0.25) is 4.79 Å². The van der Waals surface area contributed by atoms with Crippen molar-refractivity contribution in [2.45, 2.75) is 5.22 Å². The molecule has 0 unspecified atom stereocenters. The summed E-state index contributed by atoms with van der Waals surface area (Å²) in [6, 6.07) is 12.6.